The zero-order chi connectivity index (χ0) is 26.2. The van der Waals surface area contributed by atoms with E-state index in [1.165, 1.54) is 0 Å². The number of rotatable bonds is 14. The molecule has 1 rings (SSSR count). The van der Waals surface area contributed by atoms with Crippen LogP contribution in [0, 0.1) is 0 Å². The third kappa shape index (κ3) is 8.61. The van der Waals surface area contributed by atoms with Crippen molar-refractivity contribution >= 4 is 7.60 Å². The molecule has 7 nitrogen and oxygen atoms in total. The van der Waals surface area contributed by atoms with Crippen LogP contribution in [0.3, 0.4) is 0 Å². The molecule has 2 N–H and O–H groups in total. The van der Waals surface area contributed by atoms with Crippen molar-refractivity contribution in [2.24, 2.45) is 0 Å². The van der Waals surface area contributed by atoms with E-state index in [0.717, 1.165) is 16.7 Å². The first-order chi connectivity index (χ1) is 15.7. The maximum atomic E-state index is 14.0. The number of hydrogen-bond donors (Lipinski definition) is 2. The Hall–Kier alpha value is -0.950. The van der Waals surface area contributed by atoms with E-state index in [1.807, 2.05) is 26.0 Å². The van der Waals surface area contributed by atoms with E-state index in [1.54, 1.807) is 13.8 Å². The minimum absolute atomic E-state index is 0.256. The summed E-state index contributed by atoms with van der Waals surface area (Å²) in [5.74, 6) is -0.433. The second-order valence-electron chi connectivity index (χ2n) is 10.3. The summed E-state index contributed by atoms with van der Waals surface area (Å²) in [6, 6.07) is 3.85. The van der Waals surface area contributed by atoms with Crippen molar-refractivity contribution in [2.45, 2.75) is 98.6 Å². The molecule has 0 aliphatic heterocycles. The Kier molecular flexibility index (Phi) is 12.2. The zero-order valence-corrected chi connectivity index (χ0v) is 23.9. The predicted octanol–water partition coefficient (Wildman–Crippen LogP) is 6.63. The minimum Gasteiger partial charge on any atom is -0.507 e. The van der Waals surface area contributed by atoms with Crippen LogP contribution in [-0.4, -0.2) is 44.4 Å². The molecule has 0 aromatic heterocycles. The largest absolute Gasteiger partial charge is 0.507 e. The van der Waals surface area contributed by atoms with Gasteiger partial charge in [-0.1, -0.05) is 41.5 Å². The highest BCUT2D eigenvalue weighted by Crippen LogP contribution is 2.60. The number of nitrogens with one attached hydrogen (secondary N) is 1. The summed E-state index contributed by atoms with van der Waals surface area (Å²) in [5, 5.41) is 14.6. The van der Waals surface area contributed by atoms with Crippen LogP contribution < -0.4 is 5.32 Å². The SMILES string of the molecule is CCOC(CCNC(c1cc(C(C)(C)C)c(O)c(C(C)(C)C)c1)P(=O)(OCC)OCC)OCC. The van der Waals surface area contributed by atoms with Crippen molar-refractivity contribution in [3.8, 4) is 5.75 Å². The molecular weight excluding hydrogens is 453 g/mol. The van der Waals surface area contributed by atoms with Gasteiger partial charge in [-0.15, -0.1) is 0 Å². The molecule has 1 unspecified atom stereocenters. The van der Waals surface area contributed by atoms with Gasteiger partial charge in [-0.2, -0.15) is 0 Å². The lowest BCUT2D eigenvalue weighted by Crippen LogP contribution is -2.29. The fraction of sp³-hybridized carbons (Fsp3) is 0.769. The van der Waals surface area contributed by atoms with Gasteiger partial charge >= 0.3 is 7.60 Å². The fourth-order valence-corrected chi connectivity index (χ4v) is 5.80. The molecular formula is C26H48NO6P. The smallest absolute Gasteiger partial charge is 0.351 e. The second kappa shape index (κ2) is 13.4. The van der Waals surface area contributed by atoms with Crippen LogP contribution in [0.5, 0.6) is 5.75 Å². The number of phenolic OH excluding ortho intramolecular Hbond substituents is 1. The first-order valence-electron chi connectivity index (χ1n) is 12.5. The van der Waals surface area contributed by atoms with Gasteiger partial charge in [0.2, 0.25) is 0 Å². The molecule has 0 amide bonds. The van der Waals surface area contributed by atoms with Crippen LogP contribution >= 0.6 is 7.60 Å². The van der Waals surface area contributed by atoms with Gasteiger partial charge in [0.05, 0.1) is 13.2 Å². The van der Waals surface area contributed by atoms with E-state index in [0.29, 0.717) is 26.2 Å². The summed E-state index contributed by atoms with van der Waals surface area (Å²) < 4.78 is 36.9. The van der Waals surface area contributed by atoms with E-state index in [9.17, 15) is 9.67 Å². The Morgan fingerprint density at radius 2 is 1.29 bits per heavy atom. The first-order valence-corrected chi connectivity index (χ1v) is 14.1. The Balaban J connectivity index is 3.58. The average Bonchev–Trinajstić information content (AvgIpc) is 2.70. The van der Waals surface area contributed by atoms with Crippen LogP contribution in [0.4, 0.5) is 0 Å². The van der Waals surface area contributed by atoms with Crippen molar-refractivity contribution in [1.82, 2.24) is 5.32 Å². The number of phenols is 1. The molecule has 198 valence electrons. The predicted molar refractivity (Wildman–Crippen MR) is 139 cm³/mol. The van der Waals surface area contributed by atoms with Crippen molar-refractivity contribution in [3.05, 3.63) is 28.8 Å². The zero-order valence-electron chi connectivity index (χ0n) is 23.0. The minimum atomic E-state index is -3.58. The monoisotopic (exact) mass is 501 g/mol. The molecule has 0 bridgehead atoms. The highest BCUT2D eigenvalue weighted by atomic mass is 31.2. The number of benzene rings is 1. The van der Waals surface area contributed by atoms with Crippen LogP contribution in [0.2, 0.25) is 0 Å². The van der Waals surface area contributed by atoms with Gasteiger partial charge in [0.25, 0.3) is 0 Å². The lowest BCUT2D eigenvalue weighted by molar-refractivity contribution is -0.138. The topological polar surface area (TPSA) is 86.2 Å². The van der Waals surface area contributed by atoms with E-state index < -0.39 is 13.4 Å². The summed E-state index contributed by atoms with van der Waals surface area (Å²) >= 11 is 0. The molecule has 0 aliphatic carbocycles. The van der Waals surface area contributed by atoms with Crippen molar-refractivity contribution in [1.29, 1.82) is 0 Å². The van der Waals surface area contributed by atoms with E-state index >= 15 is 0 Å². The summed E-state index contributed by atoms with van der Waals surface area (Å²) in [6.45, 7) is 21.9. The third-order valence-electron chi connectivity index (χ3n) is 5.42. The number of ether oxygens (including phenoxy) is 2. The quantitative estimate of drug-likeness (QED) is 0.218. The highest BCUT2D eigenvalue weighted by Gasteiger charge is 2.39. The van der Waals surface area contributed by atoms with Gasteiger partial charge in [0, 0.05) is 26.2 Å². The molecule has 0 spiro atoms. The molecule has 0 saturated heterocycles. The number of hydrogen-bond acceptors (Lipinski definition) is 7. The maximum absolute atomic E-state index is 14.0. The summed E-state index contributed by atoms with van der Waals surface area (Å²) in [5.41, 5.74) is 1.72. The maximum Gasteiger partial charge on any atom is 0.351 e. The molecule has 8 heteroatoms. The molecule has 34 heavy (non-hydrogen) atoms. The Bertz CT molecular complexity index is 748. The molecule has 1 aromatic rings. The van der Waals surface area contributed by atoms with Crippen molar-refractivity contribution < 1.29 is 28.2 Å². The second-order valence-corrected chi connectivity index (χ2v) is 12.4. The molecule has 0 saturated carbocycles. The van der Waals surface area contributed by atoms with Gasteiger partial charge in [-0.25, -0.2) is 0 Å². The fourth-order valence-electron chi connectivity index (χ4n) is 3.84. The molecule has 0 fully saturated rings. The van der Waals surface area contributed by atoms with Gasteiger partial charge in [-0.3, -0.25) is 9.88 Å². The lowest BCUT2D eigenvalue weighted by atomic mass is 9.78. The standard InChI is InChI=1S/C26H48NO6P/c1-11-30-22(31-12-2)15-16-27-24(34(29,32-13-3)33-14-4)19-17-20(25(5,6)7)23(28)21(18-19)26(8,9)10/h17-18,22,24,27-28H,11-16H2,1-10H3. The summed E-state index contributed by atoms with van der Waals surface area (Å²) in [6.07, 6.45) is 0.226. The van der Waals surface area contributed by atoms with Gasteiger partial charge in [-0.05, 0) is 67.3 Å². The van der Waals surface area contributed by atoms with Crippen LogP contribution in [-0.2, 0) is 33.9 Å². The highest BCUT2D eigenvalue weighted by molar-refractivity contribution is 7.54. The normalized spacial score (nSPS) is 14.1. The molecule has 1 aromatic carbocycles. The van der Waals surface area contributed by atoms with Gasteiger partial charge in [0.1, 0.15) is 11.5 Å². The summed E-state index contributed by atoms with van der Waals surface area (Å²) in [4.78, 5) is 0. The van der Waals surface area contributed by atoms with E-state index in [2.05, 4.69) is 46.9 Å². The number of aromatic hydroxyl groups is 1. The average molecular weight is 502 g/mol. The summed E-state index contributed by atoms with van der Waals surface area (Å²) in [7, 11) is -3.58. The van der Waals surface area contributed by atoms with E-state index in [-0.39, 0.29) is 36.1 Å². The van der Waals surface area contributed by atoms with Crippen molar-refractivity contribution in [2.75, 3.05) is 33.0 Å². The molecule has 0 radical (unpaired) electrons. The first kappa shape index (κ1) is 31.1. The van der Waals surface area contributed by atoms with Crippen LogP contribution in [0.1, 0.15) is 98.1 Å². The van der Waals surface area contributed by atoms with E-state index in [4.69, 9.17) is 18.5 Å². The van der Waals surface area contributed by atoms with Gasteiger partial charge < -0.3 is 23.6 Å². The molecule has 1 atom stereocenters. The van der Waals surface area contributed by atoms with Crippen LogP contribution in [0.15, 0.2) is 12.1 Å². The van der Waals surface area contributed by atoms with Gasteiger partial charge in [0.15, 0.2) is 6.29 Å². The molecule has 0 heterocycles. The Morgan fingerprint density at radius 1 is 0.853 bits per heavy atom. The van der Waals surface area contributed by atoms with Crippen LogP contribution in [0.25, 0.3) is 0 Å². The lowest BCUT2D eigenvalue weighted by Gasteiger charge is -2.32. The van der Waals surface area contributed by atoms with Crippen molar-refractivity contribution in [3.63, 3.8) is 0 Å². The molecule has 0 aliphatic rings. The third-order valence-corrected chi connectivity index (χ3v) is 7.77. The Morgan fingerprint density at radius 3 is 1.65 bits per heavy atom. The Labute approximate surface area is 207 Å².